The zero-order valence-electron chi connectivity index (χ0n) is 12.0. The SMILES string of the molecule is CCC(=O)Sc1ccc(-c2ccc(C(O)C(=O)O)cc2)cc1. The predicted molar refractivity (Wildman–Crippen MR) is 85.6 cm³/mol. The van der Waals surface area contributed by atoms with Crippen LogP contribution in [-0.2, 0) is 9.59 Å². The molecule has 1 unspecified atom stereocenters. The Hall–Kier alpha value is -2.11. The molecule has 0 saturated carbocycles. The van der Waals surface area contributed by atoms with E-state index in [-0.39, 0.29) is 5.12 Å². The Morgan fingerprint density at radius 2 is 1.50 bits per heavy atom. The van der Waals surface area contributed by atoms with Crippen LogP contribution in [0.2, 0.25) is 0 Å². The molecule has 2 N–H and O–H groups in total. The lowest BCUT2D eigenvalue weighted by Crippen LogP contribution is -2.09. The second-order valence-corrected chi connectivity index (χ2v) is 5.85. The van der Waals surface area contributed by atoms with Crippen LogP contribution in [0.1, 0.15) is 25.0 Å². The lowest BCUT2D eigenvalue weighted by Gasteiger charge is -2.08. The Labute approximate surface area is 132 Å². The second-order valence-electron chi connectivity index (χ2n) is 4.71. The van der Waals surface area contributed by atoms with Gasteiger partial charge in [0, 0.05) is 11.3 Å². The maximum atomic E-state index is 11.4. The first-order valence-electron chi connectivity index (χ1n) is 6.83. The third-order valence-electron chi connectivity index (χ3n) is 3.17. The first kappa shape index (κ1) is 16.3. The quantitative estimate of drug-likeness (QED) is 0.826. The van der Waals surface area contributed by atoms with Gasteiger partial charge < -0.3 is 10.2 Å². The zero-order valence-corrected chi connectivity index (χ0v) is 12.8. The van der Waals surface area contributed by atoms with E-state index in [1.165, 1.54) is 11.8 Å². The van der Waals surface area contributed by atoms with Crippen molar-refractivity contribution in [3.8, 4) is 11.1 Å². The van der Waals surface area contributed by atoms with E-state index in [9.17, 15) is 14.7 Å². The molecule has 0 heterocycles. The summed E-state index contributed by atoms with van der Waals surface area (Å²) in [6, 6.07) is 14.3. The van der Waals surface area contributed by atoms with Crippen LogP contribution in [0.15, 0.2) is 53.4 Å². The largest absolute Gasteiger partial charge is 0.479 e. The fourth-order valence-corrected chi connectivity index (χ4v) is 2.60. The van der Waals surface area contributed by atoms with Crippen molar-refractivity contribution in [2.75, 3.05) is 0 Å². The van der Waals surface area contributed by atoms with Gasteiger partial charge in [0.1, 0.15) is 0 Å². The van der Waals surface area contributed by atoms with Crippen LogP contribution < -0.4 is 0 Å². The number of rotatable bonds is 5. The number of hydrogen-bond donors (Lipinski definition) is 2. The molecule has 2 rings (SSSR count). The minimum atomic E-state index is -1.51. The fraction of sp³-hybridized carbons (Fsp3) is 0.176. The molecule has 0 aliphatic rings. The van der Waals surface area contributed by atoms with E-state index in [0.29, 0.717) is 12.0 Å². The molecule has 0 bridgehead atoms. The van der Waals surface area contributed by atoms with Crippen molar-refractivity contribution < 1.29 is 19.8 Å². The Morgan fingerprint density at radius 1 is 1.00 bits per heavy atom. The minimum Gasteiger partial charge on any atom is -0.479 e. The highest BCUT2D eigenvalue weighted by atomic mass is 32.2. The topological polar surface area (TPSA) is 74.6 Å². The monoisotopic (exact) mass is 316 g/mol. The van der Waals surface area contributed by atoms with Gasteiger partial charge in [-0.25, -0.2) is 4.79 Å². The third kappa shape index (κ3) is 3.96. The molecular formula is C17H16O4S. The number of benzene rings is 2. The average Bonchev–Trinajstić information content (AvgIpc) is 2.55. The van der Waals surface area contributed by atoms with E-state index < -0.39 is 12.1 Å². The van der Waals surface area contributed by atoms with E-state index in [1.54, 1.807) is 24.3 Å². The molecule has 5 heteroatoms. The van der Waals surface area contributed by atoms with Crippen LogP contribution in [0.3, 0.4) is 0 Å². The third-order valence-corrected chi connectivity index (χ3v) is 4.19. The molecule has 22 heavy (non-hydrogen) atoms. The van der Waals surface area contributed by atoms with Gasteiger partial charge in [0.05, 0.1) is 0 Å². The van der Waals surface area contributed by atoms with E-state index in [2.05, 4.69) is 0 Å². The van der Waals surface area contributed by atoms with Gasteiger partial charge in [0.25, 0.3) is 0 Å². The van der Waals surface area contributed by atoms with Crippen molar-refractivity contribution in [2.45, 2.75) is 24.3 Å². The number of carbonyl (C=O) groups excluding carboxylic acids is 1. The average molecular weight is 316 g/mol. The lowest BCUT2D eigenvalue weighted by atomic mass is 10.0. The highest BCUT2D eigenvalue weighted by Crippen LogP contribution is 2.26. The molecule has 0 aliphatic carbocycles. The molecular weight excluding hydrogens is 300 g/mol. The van der Waals surface area contributed by atoms with Crippen molar-refractivity contribution in [1.82, 2.24) is 0 Å². The number of thioether (sulfide) groups is 1. The van der Waals surface area contributed by atoms with Crippen LogP contribution in [0.25, 0.3) is 11.1 Å². The number of carboxylic acid groups (broad SMARTS) is 1. The number of aliphatic hydroxyl groups excluding tert-OH is 1. The Kier molecular flexibility index (Phi) is 5.35. The van der Waals surface area contributed by atoms with E-state index in [4.69, 9.17) is 5.11 Å². The number of aliphatic hydroxyl groups is 1. The van der Waals surface area contributed by atoms with E-state index in [1.807, 2.05) is 31.2 Å². The molecule has 0 radical (unpaired) electrons. The summed E-state index contributed by atoms with van der Waals surface area (Å²) in [5, 5.41) is 18.4. The van der Waals surface area contributed by atoms with Gasteiger partial charge in [-0.3, -0.25) is 4.79 Å². The van der Waals surface area contributed by atoms with Crippen molar-refractivity contribution >= 4 is 22.8 Å². The summed E-state index contributed by atoms with van der Waals surface area (Å²) in [4.78, 5) is 23.0. The Bertz CT molecular complexity index is 662. The van der Waals surface area contributed by atoms with Gasteiger partial charge in [0.2, 0.25) is 0 Å². The summed E-state index contributed by atoms with van der Waals surface area (Å²) < 4.78 is 0. The molecule has 2 aromatic rings. The Balaban J connectivity index is 2.15. The summed E-state index contributed by atoms with van der Waals surface area (Å²) >= 11 is 1.22. The molecule has 2 aromatic carbocycles. The maximum Gasteiger partial charge on any atom is 0.337 e. The first-order chi connectivity index (χ1) is 10.5. The molecule has 0 aromatic heterocycles. The molecule has 0 spiro atoms. The molecule has 1 atom stereocenters. The molecule has 114 valence electrons. The molecule has 0 saturated heterocycles. The van der Waals surface area contributed by atoms with Gasteiger partial charge >= 0.3 is 5.97 Å². The normalized spacial score (nSPS) is 11.9. The van der Waals surface area contributed by atoms with Gasteiger partial charge in [-0.1, -0.05) is 55.1 Å². The Morgan fingerprint density at radius 3 is 1.95 bits per heavy atom. The minimum absolute atomic E-state index is 0.125. The van der Waals surface area contributed by atoms with Crippen molar-refractivity contribution in [3.05, 3.63) is 54.1 Å². The van der Waals surface area contributed by atoms with E-state index in [0.717, 1.165) is 16.0 Å². The highest BCUT2D eigenvalue weighted by molar-refractivity contribution is 8.13. The summed E-state index contributed by atoms with van der Waals surface area (Å²) in [5.74, 6) is -1.27. The smallest absolute Gasteiger partial charge is 0.337 e. The summed E-state index contributed by atoms with van der Waals surface area (Å²) in [6.45, 7) is 1.83. The first-order valence-corrected chi connectivity index (χ1v) is 7.65. The second kappa shape index (κ2) is 7.24. The highest BCUT2D eigenvalue weighted by Gasteiger charge is 2.15. The van der Waals surface area contributed by atoms with Gasteiger partial charge in [-0.15, -0.1) is 0 Å². The summed E-state index contributed by atoms with van der Waals surface area (Å²) in [7, 11) is 0. The molecule has 4 nitrogen and oxygen atoms in total. The van der Waals surface area contributed by atoms with Crippen LogP contribution in [0.4, 0.5) is 0 Å². The van der Waals surface area contributed by atoms with Gasteiger partial charge in [-0.05, 0) is 28.8 Å². The van der Waals surface area contributed by atoms with Gasteiger partial charge in [-0.2, -0.15) is 0 Å². The number of hydrogen-bond acceptors (Lipinski definition) is 4. The lowest BCUT2D eigenvalue weighted by molar-refractivity contribution is -0.146. The summed E-state index contributed by atoms with van der Waals surface area (Å²) in [5.41, 5.74) is 2.22. The number of carbonyl (C=O) groups is 2. The van der Waals surface area contributed by atoms with Gasteiger partial charge in [0.15, 0.2) is 11.2 Å². The van der Waals surface area contributed by atoms with Crippen molar-refractivity contribution in [3.63, 3.8) is 0 Å². The van der Waals surface area contributed by atoms with Crippen LogP contribution in [-0.4, -0.2) is 21.3 Å². The standard InChI is InChI=1S/C17H16O4S/c1-2-15(18)22-14-9-7-12(8-10-14)11-3-5-13(6-4-11)16(19)17(20)21/h3-10,16,19H,2H2,1H3,(H,20,21). The number of aliphatic carboxylic acids is 1. The molecule has 0 fully saturated rings. The maximum absolute atomic E-state index is 11.4. The van der Waals surface area contributed by atoms with Crippen LogP contribution in [0.5, 0.6) is 0 Å². The number of carboxylic acids is 1. The molecule has 0 aliphatic heterocycles. The summed E-state index contributed by atoms with van der Waals surface area (Å²) in [6.07, 6.45) is -1.01. The van der Waals surface area contributed by atoms with Crippen molar-refractivity contribution in [2.24, 2.45) is 0 Å². The molecule has 0 amide bonds. The zero-order chi connectivity index (χ0) is 16.1. The van der Waals surface area contributed by atoms with Crippen molar-refractivity contribution in [1.29, 1.82) is 0 Å². The predicted octanol–water partition coefficient (Wildman–Crippen LogP) is 3.50. The van der Waals surface area contributed by atoms with Crippen LogP contribution >= 0.6 is 11.8 Å². The van der Waals surface area contributed by atoms with E-state index >= 15 is 0 Å². The fourth-order valence-electron chi connectivity index (χ4n) is 1.92. The van der Waals surface area contributed by atoms with Crippen LogP contribution in [0, 0.1) is 0 Å².